The molecule has 1 aromatic heterocycles. The van der Waals surface area contributed by atoms with Crippen LogP contribution < -0.4 is 11.1 Å². The van der Waals surface area contributed by atoms with Crippen LogP contribution in [-0.4, -0.2) is 22.7 Å². The van der Waals surface area contributed by atoms with Gasteiger partial charge in [0.05, 0.1) is 0 Å². The Labute approximate surface area is 109 Å². The third-order valence-corrected chi connectivity index (χ3v) is 2.48. The van der Waals surface area contributed by atoms with Crippen LogP contribution in [0.4, 0.5) is 19.0 Å². The van der Waals surface area contributed by atoms with Gasteiger partial charge >= 0.3 is 6.18 Å². The second-order valence-corrected chi connectivity index (χ2v) is 4.24. The maximum absolute atomic E-state index is 11.9. The Morgan fingerprint density at radius 1 is 1.33 bits per heavy atom. The quantitative estimate of drug-likeness (QED) is 0.620. The van der Waals surface area contributed by atoms with Gasteiger partial charge in [-0.25, -0.2) is 4.98 Å². The third-order valence-electron chi connectivity index (χ3n) is 2.24. The molecule has 0 spiro atoms. The molecule has 3 nitrogen and oxygen atoms in total. The van der Waals surface area contributed by atoms with Crippen LogP contribution >= 0.6 is 12.2 Å². The molecule has 0 saturated carbocycles. The number of alkyl halides is 3. The number of nitrogens with two attached hydrogens (primary N) is 1. The lowest BCUT2D eigenvalue weighted by Crippen LogP contribution is -2.11. The molecular formula is C11H14F3N3S. The molecule has 0 aromatic carbocycles. The Morgan fingerprint density at radius 3 is 2.56 bits per heavy atom. The van der Waals surface area contributed by atoms with Gasteiger partial charge in [0.15, 0.2) is 0 Å². The topological polar surface area (TPSA) is 50.9 Å². The van der Waals surface area contributed by atoms with Crippen molar-refractivity contribution in [1.82, 2.24) is 4.98 Å². The van der Waals surface area contributed by atoms with Gasteiger partial charge in [0.25, 0.3) is 0 Å². The van der Waals surface area contributed by atoms with Crippen molar-refractivity contribution in [3.05, 3.63) is 23.9 Å². The van der Waals surface area contributed by atoms with Gasteiger partial charge in [-0.1, -0.05) is 12.2 Å². The number of hydrogen-bond donors (Lipinski definition) is 2. The number of pyridine rings is 1. The zero-order valence-electron chi connectivity index (χ0n) is 9.63. The van der Waals surface area contributed by atoms with E-state index in [9.17, 15) is 13.2 Å². The summed E-state index contributed by atoms with van der Waals surface area (Å²) in [6.45, 7) is 0.454. The normalized spacial score (nSPS) is 11.3. The molecule has 0 fully saturated rings. The monoisotopic (exact) mass is 277 g/mol. The molecule has 0 aliphatic rings. The average Bonchev–Trinajstić information content (AvgIpc) is 2.27. The predicted molar refractivity (Wildman–Crippen MR) is 68.5 cm³/mol. The number of thiocarbonyl (C=S) groups is 1. The van der Waals surface area contributed by atoms with Gasteiger partial charge in [-0.2, -0.15) is 13.2 Å². The van der Waals surface area contributed by atoms with Crippen LogP contribution in [0.5, 0.6) is 0 Å². The van der Waals surface area contributed by atoms with E-state index in [0.717, 1.165) is 0 Å². The Balaban J connectivity index is 2.25. The molecule has 0 radical (unpaired) electrons. The Morgan fingerprint density at radius 2 is 2.06 bits per heavy atom. The van der Waals surface area contributed by atoms with E-state index in [1.165, 1.54) is 6.20 Å². The maximum Gasteiger partial charge on any atom is 0.389 e. The van der Waals surface area contributed by atoms with Crippen molar-refractivity contribution < 1.29 is 13.2 Å². The first-order valence-electron chi connectivity index (χ1n) is 5.45. The summed E-state index contributed by atoms with van der Waals surface area (Å²) in [4.78, 5) is 4.31. The SMILES string of the molecule is NC(=S)c1ccc(NCCCCC(F)(F)F)nc1. The minimum atomic E-state index is -4.07. The number of aromatic nitrogens is 1. The van der Waals surface area contributed by atoms with Crippen LogP contribution in [0, 0.1) is 0 Å². The fraction of sp³-hybridized carbons (Fsp3) is 0.455. The molecule has 0 atom stereocenters. The van der Waals surface area contributed by atoms with Crippen LogP contribution in [-0.2, 0) is 0 Å². The van der Waals surface area contributed by atoms with E-state index in [0.29, 0.717) is 24.3 Å². The van der Waals surface area contributed by atoms with Crippen LogP contribution in [0.15, 0.2) is 18.3 Å². The second kappa shape index (κ2) is 6.53. The zero-order valence-corrected chi connectivity index (χ0v) is 10.4. The van der Waals surface area contributed by atoms with Crippen molar-refractivity contribution in [3.8, 4) is 0 Å². The van der Waals surface area contributed by atoms with Crippen molar-refractivity contribution in [1.29, 1.82) is 0 Å². The lowest BCUT2D eigenvalue weighted by atomic mass is 10.2. The van der Waals surface area contributed by atoms with Gasteiger partial charge in [0, 0.05) is 24.7 Å². The minimum absolute atomic E-state index is 0.113. The van der Waals surface area contributed by atoms with E-state index in [4.69, 9.17) is 18.0 Å². The number of unbranched alkanes of at least 4 members (excludes halogenated alkanes) is 1. The molecule has 0 amide bonds. The molecule has 7 heteroatoms. The number of nitrogens with one attached hydrogen (secondary N) is 1. The minimum Gasteiger partial charge on any atom is -0.389 e. The molecule has 0 bridgehead atoms. The van der Waals surface area contributed by atoms with Crippen molar-refractivity contribution >= 4 is 23.0 Å². The summed E-state index contributed by atoms with van der Waals surface area (Å²) < 4.78 is 35.6. The number of anilines is 1. The molecule has 1 aromatic rings. The summed E-state index contributed by atoms with van der Waals surface area (Å²) >= 11 is 4.77. The predicted octanol–water partition coefficient (Wildman–Crippen LogP) is 2.86. The molecule has 0 aliphatic heterocycles. The smallest absolute Gasteiger partial charge is 0.389 e. The average molecular weight is 277 g/mol. The summed E-state index contributed by atoms with van der Waals surface area (Å²) in [6, 6.07) is 3.41. The third kappa shape index (κ3) is 5.81. The van der Waals surface area contributed by atoms with Crippen LogP contribution in [0.25, 0.3) is 0 Å². The van der Waals surface area contributed by atoms with Crippen LogP contribution in [0.1, 0.15) is 24.8 Å². The Bertz CT molecular complexity index is 390. The largest absolute Gasteiger partial charge is 0.389 e. The summed E-state index contributed by atoms with van der Waals surface area (Å²) in [6.07, 6.45) is -2.74. The highest BCUT2D eigenvalue weighted by Gasteiger charge is 2.25. The molecule has 100 valence electrons. The lowest BCUT2D eigenvalue weighted by Gasteiger charge is -2.07. The summed E-state index contributed by atoms with van der Waals surface area (Å²) in [5, 5.41) is 2.93. The van der Waals surface area contributed by atoms with Crippen molar-refractivity contribution in [2.45, 2.75) is 25.4 Å². The van der Waals surface area contributed by atoms with Crippen LogP contribution in [0.3, 0.4) is 0 Å². The van der Waals surface area contributed by atoms with Crippen molar-refractivity contribution in [2.75, 3.05) is 11.9 Å². The molecule has 0 saturated heterocycles. The van der Waals surface area contributed by atoms with E-state index in [1.54, 1.807) is 12.1 Å². The van der Waals surface area contributed by atoms with Gasteiger partial charge in [0.1, 0.15) is 10.8 Å². The number of halogens is 3. The highest BCUT2D eigenvalue weighted by Crippen LogP contribution is 2.22. The summed E-state index contributed by atoms with van der Waals surface area (Å²) in [5.41, 5.74) is 6.07. The number of nitrogens with zero attached hydrogens (tertiary/aromatic N) is 1. The van der Waals surface area contributed by atoms with Gasteiger partial charge in [0.2, 0.25) is 0 Å². The number of hydrogen-bond acceptors (Lipinski definition) is 3. The second-order valence-electron chi connectivity index (χ2n) is 3.80. The fourth-order valence-electron chi connectivity index (χ4n) is 1.31. The fourth-order valence-corrected chi connectivity index (χ4v) is 1.43. The molecule has 18 heavy (non-hydrogen) atoms. The van der Waals surface area contributed by atoms with Gasteiger partial charge in [-0.05, 0) is 25.0 Å². The van der Waals surface area contributed by atoms with Crippen molar-refractivity contribution in [2.24, 2.45) is 5.73 Å². The van der Waals surface area contributed by atoms with E-state index < -0.39 is 12.6 Å². The first-order chi connectivity index (χ1) is 8.38. The molecule has 0 aliphatic carbocycles. The molecular weight excluding hydrogens is 263 g/mol. The molecule has 3 N–H and O–H groups in total. The summed E-state index contributed by atoms with van der Waals surface area (Å²) in [5.74, 6) is 0.599. The zero-order chi connectivity index (χ0) is 13.6. The van der Waals surface area contributed by atoms with E-state index in [2.05, 4.69) is 10.3 Å². The summed E-state index contributed by atoms with van der Waals surface area (Å²) in [7, 11) is 0. The molecule has 0 unspecified atom stereocenters. The first-order valence-corrected chi connectivity index (χ1v) is 5.86. The van der Waals surface area contributed by atoms with Gasteiger partial charge in [-0.3, -0.25) is 0 Å². The molecule has 1 heterocycles. The van der Waals surface area contributed by atoms with E-state index in [1.807, 2.05) is 0 Å². The highest BCUT2D eigenvalue weighted by atomic mass is 32.1. The molecule has 1 rings (SSSR count). The van der Waals surface area contributed by atoms with Gasteiger partial charge < -0.3 is 11.1 Å². The number of rotatable bonds is 6. The maximum atomic E-state index is 11.9. The van der Waals surface area contributed by atoms with Crippen LogP contribution in [0.2, 0.25) is 0 Å². The van der Waals surface area contributed by atoms with E-state index in [-0.39, 0.29) is 11.4 Å². The highest BCUT2D eigenvalue weighted by molar-refractivity contribution is 7.80. The Hall–Kier alpha value is -1.37. The standard InChI is InChI=1S/C11H14F3N3S/c12-11(13,14)5-1-2-6-16-9-4-3-8(7-17-9)10(15)18/h3-4,7H,1-2,5-6H2,(H2,15,18)(H,16,17). The lowest BCUT2D eigenvalue weighted by molar-refractivity contribution is -0.135. The van der Waals surface area contributed by atoms with Gasteiger partial charge in [-0.15, -0.1) is 0 Å². The van der Waals surface area contributed by atoms with E-state index >= 15 is 0 Å². The van der Waals surface area contributed by atoms with Crippen molar-refractivity contribution in [3.63, 3.8) is 0 Å². The Kier molecular flexibility index (Phi) is 5.33. The first kappa shape index (κ1) is 14.7.